The Balaban J connectivity index is 2.30. The average molecular weight is 298 g/mol. The first-order valence-corrected chi connectivity index (χ1v) is 7.36. The minimum absolute atomic E-state index is 0.0674. The standard InChI is InChI=1S/C12H15FN4O2S/c1-16(11-4-2-10(13)3-5-11)20(18,19)12-8-15-17(9-12)7-6-14/h2-5,8-9H,6-7,14H2,1H3. The molecule has 0 saturated carbocycles. The number of hydrogen-bond donors (Lipinski definition) is 1. The van der Waals surface area contributed by atoms with Crippen LogP contribution in [0.1, 0.15) is 0 Å². The van der Waals surface area contributed by atoms with Crippen molar-refractivity contribution in [2.24, 2.45) is 5.73 Å². The first-order chi connectivity index (χ1) is 9.45. The third-order valence-electron chi connectivity index (χ3n) is 2.82. The number of benzene rings is 1. The van der Waals surface area contributed by atoms with Crippen molar-refractivity contribution in [3.05, 3.63) is 42.5 Å². The van der Waals surface area contributed by atoms with Crippen LogP contribution >= 0.6 is 0 Å². The van der Waals surface area contributed by atoms with Gasteiger partial charge in [0.15, 0.2) is 0 Å². The summed E-state index contributed by atoms with van der Waals surface area (Å²) in [6, 6.07) is 5.22. The van der Waals surface area contributed by atoms with Gasteiger partial charge in [-0.1, -0.05) is 0 Å². The van der Waals surface area contributed by atoms with Gasteiger partial charge >= 0.3 is 0 Å². The fourth-order valence-electron chi connectivity index (χ4n) is 1.68. The van der Waals surface area contributed by atoms with E-state index in [4.69, 9.17) is 5.73 Å². The predicted octanol–water partition coefficient (Wildman–Crippen LogP) is 0.806. The number of aromatic nitrogens is 2. The van der Waals surface area contributed by atoms with Crippen LogP contribution in [0.25, 0.3) is 0 Å². The molecule has 0 atom stereocenters. The highest BCUT2D eigenvalue weighted by Gasteiger charge is 2.23. The van der Waals surface area contributed by atoms with Gasteiger partial charge in [0, 0.05) is 19.8 Å². The third-order valence-corrected chi connectivity index (χ3v) is 4.55. The van der Waals surface area contributed by atoms with E-state index in [2.05, 4.69) is 5.10 Å². The zero-order chi connectivity index (χ0) is 14.8. The Kier molecular flexibility index (Phi) is 4.05. The molecule has 0 spiro atoms. The second-order valence-corrected chi connectivity index (χ2v) is 6.15. The molecular formula is C12H15FN4O2S. The molecule has 0 saturated heterocycles. The molecule has 6 nitrogen and oxygen atoms in total. The molecule has 8 heteroatoms. The minimum Gasteiger partial charge on any atom is -0.329 e. The quantitative estimate of drug-likeness (QED) is 0.885. The van der Waals surface area contributed by atoms with Crippen LogP contribution in [0.5, 0.6) is 0 Å². The molecule has 2 rings (SSSR count). The first-order valence-electron chi connectivity index (χ1n) is 5.92. The van der Waals surface area contributed by atoms with Crippen LogP contribution in [-0.2, 0) is 16.6 Å². The molecule has 0 aliphatic heterocycles. The molecule has 0 bridgehead atoms. The summed E-state index contributed by atoms with van der Waals surface area (Å²) in [5.41, 5.74) is 5.76. The van der Waals surface area contributed by atoms with Crippen LogP contribution in [0.2, 0.25) is 0 Å². The van der Waals surface area contributed by atoms with Crippen molar-refractivity contribution >= 4 is 15.7 Å². The Labute approximate surface area is 116 Å². The van der Waals surface area contributed by atoms with E-state index >= 15 is 0 Å². The topological polar surface area (TPSA) is 81.2 Å². The van der Waals surface area contributed by atoms with Gasteiger partial charge in [0.05, 0.1) is 18.4 Å². The largest absolute Gasteiger partial charge is 0.329 e. The molecule has 0 amide bonds. The average Bonchev–Trinajstić information content (AvgIpc) is 2.88. The number of sulfonamides is 1. The van der Waals surface area contributed by atoms with Gasteiger partial charge in [-0.25, -0.2) is 12.8 Å². The van der Waals surface area contributed by atoms with E-state index in [9.17, 15) is 12.8 Å². The van der Waals surface area contributed by atoms with E-state index in [1.165, 1.54) is 48.4 Å². The zero-order valence-electron chi connectivity index (χ0n) is 10.9. The monoisotopic (exact) mass is 298 g/mol. The van der Waals surface area contributed by atoms with Crippen molar-refractivity contribution in [1.82, 2.24) is 9.78 Å². The fraction of sp³-hybridized carbons (Fsp3) is 0.250. The molecule has 0 unspecified atom stereocenters. The molecule has 2 aromatic rings. The molecule has 0 aliphatic rings. The van der Waals surface area contributed by atoms with Crippen molar-refractivity contribution in [3.63, 3.8) is 0 Å². The van der Waals surface area contributed by atoms with Gasteiger partial charge in [0.2, 0.25) is 0 Å². The second-order valence-electron chi connectivity index (χ2n) is 4.18. The lowest BCUT2D eigenvalue weighted by molar-refractivity contribution is 0.592. The van der Waals surface area contributed by atoms with E-state index in [0.29, 0.717) is 18.8 Å². The molecule has 108 valence electrons. The number of anilines is 1. The van der Waals surface area contributed by atoms with Gasteiger partial charge in [-0.05, 0) is 24.3 Å². The Bertz CT molecular complexity index is 682. The lowest BCUT2D eigenvalue weighted by Crippen LogP contribution is -2.26. The van der Waals surface area contributed by atoms with Crippen molar-refractivity contribution in [1.29, 1.82) is 0 Å². The highest BCUT2D eigenvalue weighted by molar-refractivity contribution is 7.92. The van der Waals surface area contributed by atoms with E-state index in [1.54, 1.807) is 0 Å². The number of rotatable bonds is 5. The Hall–Kier alpha value is -1.93. The summed E-state index contributed by atoms with van der Waals surface area (Å²) < 4.78 is 40.2. The lowest BCUT2D eigenvalue weighted by atomic mass is 10.3. The van der Waals surface area contributed by atoms with Crippen LogP contribution in [0, 0.1) is 5.82 Å². The summed E-state index contributed by atoms with van der Waals surface area (Å²) >= 11 is 0. The number of nitrogens with zero attached hydrogens (tertiary/aromatic N) is 3. The molecule has 2 N–H and O–H groups in total. The summed E-state index contributed by atoms with van der Waals surface area (Å²) in [5, 5.41) is 3.93. The molecule has 0 radical (unpaired) electrons. The molecule has 0 fully saturated rings. The van der Waals surface area contributed by atoms with Crippen LogP contribution in [0.4, 0.5) is 10.1 Å². The fourth-order valence-corrected chi connectivity index (χ4v) is 2.83. The Morgan fingerprint density at radius 1 is 1.35 bits per heavy atom. The van der Waals surface area contributed by atoms with Crippen molar-refractivity contribution in [3.8, 4) is 0 Å². The number of halogens is 1. The van der Waals surface area contributed by atoms with Gasteiger partial charge in [-0.2, -0.15) is 5.10 Å². The van der Waals surface area contributed by atoms with E-state index < -0.39 is 15.8 Å². The first kappa shape index (κ1) is 14.5. The van der Waals surface area contributed by atoms with Crippen molar-refractivity contribution in [2.75, 3.05) is 17.9 Å². The molecule has 20 heavy (non-hydrogen) atoms. The molecular weight excluding hydrogens is 283 g/mol. The highest BCUT2D eigenvalue weighted by atomic mass is 32.2. The van der Waals surface area contributed by atoms with Gasteiger partial charge in [-0.3, -0.25) is 8.99 Å². The van der Waals surface area contributed by atoms with Crippen LogP contribution < -0.4 is 10.0 Å². The summed E-state index contributed by atoms with van der Waals surface area (Å²) in [6.07, 6.45) is 2.69. The maximum absolute atomic E-state index is 12.9. The van der Waals surface area contributed by atoms with Gasteiger partial charge < -0.3 is 5.73 Å². The second kappa shape index (κ2) is 5.59. The van der Waals surface area contributed by atoms with E-state index in [0.717, 1.165) is 4.31 Å². The number of hydrogen-bond acceptors (Lipinski definition) is 4. The highest BCUT2D eigenvalue weighted by Crippen LogP contribution is 2.21. The Morgan fingerprint density at radius 2 is 2.00 bits per heavy atom. The zero-order valence-corrected chi connectivity index (χ0v) is 11.7. The summed E-state index contributed by atoms with van der Waals surface area (Å²) in [6.45, 7) is 0.810. The normalized spacial score (nSPS) is 11.6. The number of nitrogens with two attached hydrogens (primary N) is 1. The smallest absolute Gasteiger partial charge is 0.267 e. The molecule has 1 aromatic heterocycles. The van der Waals surface area contributed by atoms with Crippen LogP contribution in [0.15, 0.2) is 41.6 Å². The third kappa shape index (κ3) is 2.81. The van der Waals surface area contributed by atoms with E-state index in [1.807, 2.05) is 0 Å². The summed E-state index contributed by atoms with van der Waals surface area (Å²) in [4.78, 5) is 0.0674. The maximum Gasteiger partial charge on any atom is 0.267 e. The Morgan fingerprint density at radius 3 is 2.60 bits per heavy atom. The van der Waals surface area contributed by atoms with Gasteiger partial charge in [0.1, 0.15) is 10.7 Å². The van der Waals surface area contributed by atoms with Gasteiger partial charge in [0.25, 0.3) is 10.0 Å². The lowest BCUT2D eigenvalue weighted by Gasteiger charge is -2.18. The van der Waals surface area contributed by atoms with Crippen molar-refractivity contribution in [2.45, 2.75) is 11.4 Å². The predicted molar refractivity (Wildman–Crippen MR) is 73.3 cm³/mol. The van der Waals surface area contributed by atoms with Gasteiger partial charge in [-0.15, -0.1) is 0 Å². The van der Waals surface area contributed by atoms with Crippen LogP contribution in [0.3, 0.4) is 0 Å². The van der Waals surface area contributed by atoms with Crippen molar-refractivity contribution < 1.29 is 12.8 Å². The van der Waals surface area contributed by atoms with Crippen LogP contribution in [-0.4, -0.2) is 31.8 Å². The SMILES string of the molecule is CN(c1ccc(F)cc1)S(=O)(=O)c1cnn(CCN)c1. The molecule has 1 heterocycles. The molecule has 0 aliphatic carbocycles. The minimum atomic E-state index is -3.72. The van der Waals surface area contributed by atoms with E-state index in [-0.39, 0.29) is 4.90 Å². The summed E-state index contributed by atoms with van der Waals surface area (Å²) in [7, 11) is -2.31. The molecule has 1 aromatic carbocycles. The maximum atomic E-state index is 12.9. The summed E-state index contributed by atoms with van der Waals surface area (Å²) in [5.74, 6) is -0.421.